The Kier molecular flexibility index (Phi) is 5.31. The zero-order valence-corrected chi connectivity index (χ0v) is 16.5. The Morgan fingerprint density at radius 1 is 1.14 bits per heavy atom. The monoisotopic (exact) mass is 410 g/mol. The standard InChI is InChI=1S/C20H15FN4OS2/c1-12-4-2-3-5-15(12)24-16(26)10-27-20-19-18(22-11-23-20)17(25-28-19)13-6-8-14(21)9-7-13/h2-9,11H,10H2,1H3,(H,24,26). The van der Waals surface area contributed by atoms with Crippen molar-refractivity contribution in [3.05, 3.63) is 66.2 Å². The largest absolute Gasteiger partial charge is 0.325 e. The van der Waals surface area contributed by atoms with Gasteiger partial charge in [-0.3, -0.25) is 4.79 Å². The number of carbonyl (C=O) groups excluding carboxylic acids is 1. The van der Waals surface area contributed by atoms with Gasteiger partial charge in [0.25, 0.3) is 0 Å². The molecule has 2 aromatic heterocycles. The highest BCUT2D eigenvalue weighted by Gasteiger charge is 2.15. The molecule has 4 rings (SSSR count). The van der Waals surface area contributed by atoms with Gasteiger partial charge >= 0.3 is 0 Å². The number of benzene rings is 2. The molecule has 0 aliphatic heterocycles. The predicted octanol–water partition coefficient (Wildman–Crippen LogP) is 4.93. The summed E-state index contributed by atoms with van der Waals surface area (Å²) in [6.45, 7) is 1.95. The van der Waals surface area contributed by atoms with Crippen molar-refractivity contribution in [3.63, 3.8) is 0 Å². The summed E-state index contributed by atoms with van der Waals surface area (Å²) in [4.78, 5) is 21.0. The van der Waals surface area contributed by atoms with Gasteiger partial charge in [0.2, 0.25) is 5.91 Å². The number of anilines is 1. The van der Waals surface area contributed by atoms with Crippen LogP contribution in [-0.4, -0.2) is 26.0 Å². The maximum absolute atomic E-state index is 13.2. The van der Waals surface area contributed by atoms with Gasteiger partial charge in [-0.15, -0.1) is 0 Å². The van der Waals surface area contributed by atoms with Gasteiger partial charge in [-0.25, -0.2) is 14.4 Å². The van der Waals surface area contributed by atoms with Crippen molar-refractivity contribution in [1.82, 2.24) is 14.3 Å². The Morgan fingerprint density at radius 3 is 2.71 bits per heavy atom. The van der Waals surface area contributed by atoms with Crippen LogP contribution in [0.3, 0.4) is 0 Å². The van der Waals surface area contributed by atoms with Crippen molar-refractivity contribution in [1.29, 1.82) is 0 Å². The molecule has 0 aliphatic carbocycles. The topological polar surface area (TPSA) is 67.8 Å². The van der Waals surface area contributed by atoms with Crippen molar-refractivity contribution < 1.29 is 9.18 Å². The lowest BCUT2D eigenvalue weighted by atomic mass is 10.1. The van der Waals surface area contributed by atoms with E-state index in [4.69, 9.17) is 0 Å². The van der Waals surface area contributed by atoms with E-state index in [1.54, 1.807) is 12.1 Å². The first kappa shape index (κ1) is 18.5. The van der Waals surface area contributed by atoms with Gasteiger partial charge in [0, 0.05) is 11.3 Å². The van der Waals surface area contributed by atoms with Crippen LogP contribution < -0.4 is 5.32 Å². The third-order valence-corrected chi connectivity index (χ3v) is 6.06. The SMILES string of the molecule is Cc1ccccc1NC(=O)CSc1ncnc2c(-c3ccc(F)cc3)nsc12. The van der Waals surface area contributed by atoms with Crippen LogP contribution in [0.2, 0.25) is 0 Å². The predicted molar refractivity (Wildman–Crippen MR) is 111 cm³/mol. The number of rotatable bonds is 5. The van der Waals surface area contributed by atoms with Crippen molar-refractivity contribution in [2.45, 2.75) is 11.9 Å². The van der Waals surface area contributed by atoms with Gasteiger partial charge in [0.1, 0.15) is 33.1 Å². The number of nitrogens with one attached hydrogen (secondary N) is 1. The first-order valence-corrected chi connectivity index (χ1v) is 10.2. The smallest absolute Gasteiger partial charge is 0.234 e. The zero-order valence-electron chi connectivity index (χ0n) is 14.8. The van der Waals surface area contributed by atoms with E-state index in [0.717, 1.165) is 21.5 Å². The fraction of sp³-hybridized carbons (Fsp3) is 0.100. The van der Waals surface area contributed by atoms with Crippen LogP contribution >= 0.6 is 23.3 Å². The number of amides is 1. The highest BCUT2D eigenvalue weighted by molar-refractivity contribution is 8.00. The van der Waals surface area contributed by atoms with E-state index in [-0.39, 0.29) is 17.5 Å². The minimum Gasteiger partial charge on any atom is -0.325 e. The second-order valence-electron chi connectivity index (χ2n) is 6.05. The van der Waals surface area contributed by atoms with Crippen LogP contribution in [0.4, 0.5) is 10.1 Å². The van der Waals surface area contributed by atoms with E-state index in [2.05, 4.69) is 19.7 Å². The number of para-hydroxylation sites is 1. The summed E-state index contributed by atoms with van der Waals surface area (Å²) in [6.07, 6.45) is 1.46. The summed E-state index contributed by atoms with van der Waals surface area (Å²) < 4.78 is 18.5. The van der Waals surface area contributed by atoms with E-state index >= 15 is 0 Å². The number of thioether (sulfide) groups is 1. The maximum Gasteiger partial charge on any atom is 0.234 e. The molecule has 2 aromatic carbocycles. The van der Waals surface area contributed by atoms with Crippen LogP contribution in [0.15, 0.2) is 59.9 Å². The van der Waals surface area contributed by atoms with E-state index < -0.39 is 0 Å². The third kappa shape index (κ3) is 3.88. The summed E-state index contributed by atoms with van der Waals surface area (Å²) in [7, 11) is 0. The molecule has 8 heteroatoms. The Labute approximate surface area is 169 Å². The molecule has 0 bridgehead atoms. The first-order valence-electron chi connectivity index (χ1n) is 8.46. The lowest BCUT2D eigenvalue weighted by Crippen LogP contribution is -2.14. The number of hydrogen-bond acceptors (Lipinski definition) is 6. The second-order valence-corrected chi connectivity index (χ2v) is 7.78. The highest BCUT2D eigenvalue weighted by Crippen LogP contribution is 2.34. The average Bonchev–Trinajstić information content (AvgIpc) is 3.13. The molecule has 0 saturated heterocycles. The molecule has 0 spiro atoms. The Morgan fingerprint density at radius 2 is 1.93 bits per heavy atom. The first-order chi connectivity index (χ1) is 13.6. The Hall–Kier alpha value is -2.84. The molecule has 5 nitrogen and oxygen atoms in total. The molecule has 0 fully saturated rings. The molecule has 28 heavy (non-hydrogen) atoms. The van der Waals surface area contributed by atoms with E-state index in [1.807, 2.05) is 31.2 Å². The number of nitrogens with zero attached hydrogens (tertiary/aromatic N) is 3. The minimum atomic E-state index is -0.297. The third-order valence-electron chi connectivity index (χ3n) is 4.10. The second kappa shape index (κ2) is 8.04. The average molecular weight is 410 g/mol. The Bertz CT molecular complexity index is 1140. The Balaban J connectivity index is 1.52. The highest BCUT2D eigenvalue weighted by atomic mass is 32.2. The van der Waals surface area contributed by atoms with Gasteiger partial charge in [-0.2, -0.15) is 4.37 Å². The van der Waals surface area contributed by atoms with Crippen LogP contribution in [0.1, 0.15) is 5.56 Å². The van der Waals surface area contributed by atoms with Gasteiger partial charge in [0.15, 0.2) is 0 Å². The fourth-order valence-corrected chi connectivity index (χ4v) is 4.40. The lowest BCUT2D eigenvalue weighted by Gasteiger charge is -2.07. The molecule has 2 heterocycles. The summed E-state index contributed by atoms with van der Waals surface area (Å²) >= 11 is 2.62. The summed E-state index contributed by atoms with van der Waals surface area (Å²) in [5.74, 6) is -0.173. The molecular weight excluding hydrogens is 395 g/mol. The molecule has 140 valence electrons. The van der Waals surface area contributed by atoms with Gasteiger partial charge in [0.05, 0.1) is 5.75 Å². The van der Waals surface area contributed by atoms with Crippen LogP contribution in [-0.2, 0) is 4.79 Å². The molecule has 1 N–H and O–H groups in total. The molecule has 0 unspecified atom stereocenters. The number of hydrogen-bond donors (Lipinski definition) is 1. The molecule has 0 saturated carbocycles. The summed E-state index contributed by atoms with van der Waals surface area (Å²) in [6, 6.07) is 13.8. The van der Waals surface area contributed by atoms with Crippen molar-refractivity contribution in [3.8, 4) is 11.3 Å². The van der Waals surface area contributed by atoms with Crippen molar-refractivity contribution in [2.75, 3.05) is 11.1 Å². The number of fused-ring (bicyclic) bond motifs is 1. The molecule has 0 radical (unpaired) electrons. The fourth-order valence-electron chi connectivity index (χ4n) is 2.68. The molecule has 1 amide bonds. The number of carbonyl (C=O) groups is 1. The number of aryl methyl sites for hydroxylation is 1. The van der Waals surface area contributed by atoms with Gasteiger partial charge in [-0.1, -0.05) is 30.0 Å². The van der Waals surface area contributed by atoms with Crippen molar-refractivity contribution >= 4 is 45.1 Å². The van der Waals surface area contributed by atoms with E-state index in [1.165, 1.54) is 41.8 Å². The molecule has 0 atom stereocenters. The number of halogens is 1. The normalized spacial score (nSPS) is 10.9. The summed E-state index contributed by atoms with van der Waals surface area (Å²) in [5, 5.41) is 3.62. The molecule has 4 aromatic rings. The quantitative estimate of drug-likeness (QED) is 0.373. The summed E-state index contributed by atoms with van der Waals surface area (Å²) in [5.41, 5.74) is 4.00. The number of aromatic nitrogens is 3. The lowest BCUT2D eigenvalue weighted by molar-refractivity contribution is -0.113. The zero-order chi connectivity index (χ0) is 19.5. The van der Waals surface area contributed by atoms with E-state index in [0.29, 0.717) is 16.2 Å². The van der Waals surface area contributed by atoms with Gasteiger partial charge in [-0.05, 0) is 54.4 Å². The van der Waals surface area contributed by atoms with E-state index in [9.17, 15) is 9.18 Å². The van der Waals surface area contributed by atoms with Gasteiger partial charge < -0.3 is 5.32 Å². The minimum absolute atomic E-state index is 0.102. The van der Waals surface area contributed by atoms with Crippen LogP contribution in [0, 0.1) is 12.7 Å². The molecule has 0 aliphatic rings. The maximum atomic E-state index is 13.2. The van der Waals surface area contributed by atoms with Crippen molar-refractivity contribution in [2.24, 2.45) is 0 Å². The molecular formula is C20H15FN4OS2. The van der Waals surface area contributed by atoms with Crippen LogP contribution in [0.25, 0.3) is 21.5 Å². The van der Waals surface area contributed by atoms with Crippen LogP contribution in [0.5, 0.6) is 0 Å².